The lowest BCUT2D eigenvalue weighted by molar-refractivity contribution is -0.136. The van der Waals surface area contributed by atoms with Gasteiger partial charge in [0.1, 0.15) is 17.3 Å². The van der Waals surface area contributed by atoms with E-state index in [2.05, 4.69) is 15.3 Å². The van der Waals surface area contributed by atoms with Crippen molar-refractivity contribution in [1.29, 1.82) is 0 Å². The maximum Gasteiger partial charge on any atom is 0.418 e. The van der Waals surface area contributed by atoms with E-state index in [9.17, 15) is 18.0 Å². The quantitative estimate of drug-likeness (QED) is 0.818. The van der Waals surface area contributed by atoms with Crippen molar-refractivity contribution in [3.8, 4) is 0 Å². The summed E-state index contributed by atoms with van der Waals surface area (Å²) in [5.41, 5.74) is -1.41. The first kappa shape index (κ1) is 20.0. The fourth-order valence-electron chi connectivity index (χ4n) is 2.42. The summed E-state index contributed by atoms with van der Waals surface area (Å²) in [5.74, 6) is 0.142. The molecule has 1 aromatic heterocycles. The fourth-order valence-corrected chi connectivity index (χ4v) is 2.60. The second-order valence-corrected chi connectivity index (χ2v) is 5.91. The third kappa shape index (κ3) is 4.63. The smallest absolute Gasteiger partial charge is 0.357 e. The largest absolute Gasteiger partial charge is 0.418 e. The van der Waals surface area contributed by atoms with Crippen molar-refractivity contribution >= 4 is 29.0 Å². The maximum atomic E-state index is 13.2. The Morgan fingerprint density at radius 2 is 1.85 bits per heavy atom. The summed E-state index contributed by atoms with van der Waals surface area (Å²) >= 11 is 5.65. The minimum Gasteiger partial charge on any atom is -0.357 e. The number of nitrogens with one attached hydrogen (secondary N) is 1. The molecule has 0 aliphatic rings. The third-order valence-corrected chi connectivity index (χ3v) is 3.91. The Morgan fingerprint density at radius 3 is 2.42 bits per heavy atom. The molecule has 0 bridgehead atoms. The number of carbonyl (C=O) groups excluding carboxylic acids is 1. The Bertz CT molecular complexity index is 807. The van der Waals surface area contributed by atoms with Crippen LogP contribution >= 0.6 is 11.6 Å². The maximum absolute atomic E-state index is 13.2. The molecule has 0 spiro atoms. The summed E-state index contributed by atoms with van der Waals surface area (Å²) in [6.45, 7) is 6.83. The summed E-state index contributed by atoms with van der Waals surface area (Å²) in [4.78, 5) is 22.7. The molecule has 0 saturated carbocycles. The average molecular weight is 387 g/mol. The molecule has 5 nitrogen and oxygen atoms in total. The van der Waals surface area contributed by atoms with E-state index in [1.807, 2.05) is 18.7 Å². The number of hydrogen-bond donors (Lipinski definition) is 1. The van der Waals surface area contributed by atoms with Crippen LogP contribution in [0, 0.1) is 6.92 Å². The van der Waals surface area contributed by atoms with Crippen LogP contribution in [0.4, 0.5) is 24.7 Å². The highest BCUT2D eigenvalue weighted by Gasteiger charge is 2.34. The molecule has 0 aliphatic heterocycles. The number of rotatable bonds is 5. The Hall–Kier alpha value is -2.35. The molecule has 1 heterocycles. The zero-order chi connectivity index (χ0) is 19.5. The molecule has 1 aromatic carbocycles. The molecule has 0 atom stereocenters. The molecule has 1 N–H and O–H groups in total. The number of halogens is 4. The third-order valence-electron chi connectivity index (χ3n) is 3.68. The number of alkyl halides is 3. The lowest BCUT2D eigenvalue weighted by atomic mass is 10.1. The Labute approximate surface area is 154 Å². The minimum atomic E-state index is -4.65. The molecule has 0 fully saturated rings. The zero-order valence-electron chi connectivity index (χ0n) is 14.5. The van der Waals surface area contributed by atoms with Crippen molar-refractivity contribution in [2.45, 2.75) is 26.9 Å². The van der Waals surface area contributed by atoms with Gasteiger partial charge in [0.2, 0.25) is 0 Å². The van der Waals surface area contributed by atoms with E-state index in [0.717, 1.165) is 12.1 Å². The van der Waals surface area contributed by atoms with Crippen LogP contribution in [0.1, 0.15) is 35.7 Å². The molecule has 1 amide bonds. The van der Waals surface area contributed by atoms with Gasteiger partial charge < -0.3 is 10.2 Å². The zero-order valence-corrected chi connectivity index (χ0v) is 15.2. The van der Waals surface area contributed by atoms with E-state index in [0.29, 0.717) is 24.7 Å². The van der Waals surface area contributed by atoms with E-state index >= 15 is 0 Å². The molecule has 0 radical (unpaired) electrons. The van der Waals surface area contributed by atoms with E-state index in [1.54, 1.807) is 6.92 Å². The van der Waals surface area contributed by atoms with Crippen molar-refractivity contribution in [1.82, 2.24) is 9.97 Å². The normalized spacial score (nSPS) is 11.3. The van der Waals surface area contributed by atoms with Crippen molar-refractivity contribution in [3.63, 3.8) is 0 Å². The Kier molecular flexibility index (Phi) is 6.07. The molecule has 2 rings (SSSR count). The molecular weight excluding hydrogens is 369 g/mol. The average Bonchev–Trinajstić information content (AvgIpc) is 2.56. The van der Waals surface area contributed by atoms with Gasteiger partial charge in [0.25, 0.3) is 5.91 Å². The monoisotopic (exact) mass is 386 g/mol. The summed E-state index contributed by atoms with van der Waals surface area (Å²) in [6, 6.07) is 4.61. The van der Waals surface area contributed by atoms with Crippen molar-refractivity contribution in [2.24, 2.45) is 0 Å². The molecule has 140 valence electrons. The topological polar surface area (TPSA) is 58.1 Å². The van der Waals surface area contributed by atoms with E-state index < -0.39 is 17.6 Å². The SMILES string of the molecule is CCN(CC)c1cc(C(=O)Nc2ccc(Cl)cc2C(F)(F)F)nc(C)n1. The summed E-state index contributed by atoms with van der Waals surface area (Å²) in [5, 5.41) is 2.19. The van der Waals surface area contributed by atoms with E-state index in [-0.39, 0.29) is 16.4 Å². The van der Waals surface area contributed by atoms with Crippen molar-refractivity contribution in [2.75, 3.05) is 23.3 Å². The predicted octanol–water partition coefficient (Wildman–Crippen LogP) is 4.56. The number of nitrogens with zero attached hydrogens (tertiary/aromatic N) is 3. The number of aromatic nitrogens is 2. The Morgan fingerprint density at radius 1 is 1.19 bits per heavy atom. The molecule has 0 saturated heterocycles. The lowest BCUT2D eigenvalue weighted by Crippen LogP contribution is -2.25. The number of hydrogen-bond acceptors (Lipinski definition) is 4. The number of amides is 1. The second kappa shape index (κ2) is 7.90. The van der Waals surface area contributed by atoms with Gasteiger partial charge in [-0.25, -0.2) is 9.97 Å². The van der Waals surface area contributed by atoms with E-state index in [4.69, 9.17) is 11.6 Å². The van der Waals surface area contributed by atoms with Crippen LogP contribution in [-0.2, 0) is 6.18 Å². The summed E-state index contributed by atoms with van der Waals surface area (Å²) < 4.78 is 39.5. The van der Waals surface area contributed by atoms with Gasteiger partial charge in [0.15, 0.2) is 0 Å². The minimum absolute atomic E-state index is 0.0116. The standard InChI is InChI=1S/C17H18ClF3N4O/c1-4-25(5-2)15-9-14(22-10(3)23-15)16(26)24-13-7-6-11(18)8-12(13)17(19,20)21/h6-9H,4-5H2,1-3H3,(H,24,26). The van der Waals surface area contributed by atoms with Crippen LogP contribution in [0.15, 0.2) is 24.3 Å². The number of carbonyl (C=O) groups is 1. The van der Waals surface area contributed by atoms with Crippen molar-refractivity contribution < 1.29 is 18.0 Å². The van der Waals surface area contributed by atoms with Crippen LogP contribution in [0.3, 0.4) is 0 Å². The van der Waals surface area contributed by atoms with Crippen LogP contribution in [0.25, 0.3) is 0 Å². The van der Waals surface area contributed by atoms with Crippen LogP contribution in [-0.4, -0.2) is 29.0 Å². The van der Waals surface area contributed by atoms with Crippen LogP contribution in [0.2, 0.25) is 5.02 Å². The van der Waals surface area contributed by atoms with Gasteiger partial charge >= 0.3 is 6.18 Å². The summed E-state index contributed by atoms with van der Waals surface area (Å²) in [7, 11) is 0. The molecule has 2 aromatic rings. The molecular formula is C17H18ClF3N4O. The summed E-state index contributed by atoms with van der Waals surface area (Å²) in [6.07, 6.45) is -4.65. The Balaban J connectivity index is 2.37. The highest BCUT2D eigenvalue weighted by molar-refractivity contribution is 6.30. The van der Waals surface area contributed by atoms with Gasteiger partial charge in [0.05, 0.1) is 11.3 Å². The lowest BCUT2D eigenvalue weighted by Gasteiger charge is -2.20. The molecule has 0 aliphatic carbocycles. The fraction of sp³-hybridized carbons (Fsp3) is 0.353. The molecule has 26 heavy (non-hydrogen) atoms. The first-order valence-electron chi connectivity index (χ1n) is 7.94. The van der Waals surface area contributed by atoms with Crippen molar-refractivity contribution in [3.05, 3.63) is 46.4 Å². The van der Waals surface area contributed by atoms with Crippen LogP contribution < -0.4 is 10.2 Å². The highest BCUT2D eigenvalue weighted by Crippen LogP contribution is 2.36. The van der Waals surface area contributed by atoms with Gasteiger partial charge in [-0.15, -0.1) is 0 Å². The number of benzene rings is 1. The van der Waals surface area contributed by atoms with Crippen LogP contribution in [0.5, 0.6) is 0 Å². The van der Waals surface area contributed by atoms with Gasteiger partial charge in [-0.05, 0) is 39.0 Å². The van der Waals surface area contributed by atoms with E-state index in [1.165, 1.54) is 12.1 Å². The molecule has 0 unspecified atom stereocenters. The predicted molar refractivity (Wildman–Crippen MR) is 94.7 cm³/mol. The second-order valence-electron chi connectivity index (χ2n) is 5.47. The van der Waals surface area contributed by atoms with Gasteiger partial charge in [0, 0.05) is 24.2 Å². The highest BCUT2D eigenvalue weighted by atomic mass is 35.5. The first-order chi connectivity index (χ1) is 12.2. The first-order valence-corrected chi connectivity index (χ1v) is 8.32. The van der Waals surface area contributed by atoms with Gasteiger partial charge in [-0.2, -0.15) is 13.2 Å². The van der Waals surface area contributed by atoms with Gasteiger partial charge in [-0.1, -0.05) is 11.6 Å². The number of aryl methyl sites for hydroxylation is 1. The number of anilines is 2. The molecule has 9 heteroatoms. The van der Waals surface area contributed by atoms with Gasteiger partial charge in [-0.3, -0.25) is 4.79 Å².